The number of aryl methyl sites for hydroxylation is 1. The number of thioether (sulfide) groups is 1. The second kappa shape index (κ2) is 8.36. The van der Waals surface area contributed by atoms with Gasteiger partial charge in [-0.3, -0.25) is 14.7 Å². The van der Waals surface area contributed by atoms with Crippen LogP contribution in [0.25, 0.3) is 0 Å². The molecule has 1 fully saturated rings. The van der Waals surface area contributed by atoms with Crippen molar-refractivity contribution < 1.29 is 9.53 Å². The molecule has 0 spiro atoms. The van der Waals surface area contributed by atoms with Crippen LogP contribution >= 0.6 is 23.4 Å². The van der Waals surface area contributed by atoms with E-state index in [2.05, 4.69) is 18.8 Å². The van der Waals surface area contributed by atoms with Gasteiger partial charge in [-0.1, -0.05) is 53.7 Å². The molecule has 142 valence electrons. The minimum absolute atomic E-state index is 0.0323. The van der Waals surface area contributed by atoms with E-state index in [0.717, 1.165) is 22.0 Å². The summed E-state index contributed by atoms with van der Waals surface area (Å²) in [4.78, 5) is 19.3. The Labute approximate surface area is 169 Å². The van der Waals surface area contributed by atoms with E-state index in [4.69, 9.17) is 16.3 Å². The van der Waals surface area contributed by atoms with Gasteiger partial charge in [-0.05, 0) is 50.1 Å². The van der Waals surface area contributed by atoms with Gasteiger partial charge in [0.15, 0.2) is 11.8 Å². The molecular weight excluding hydrogens is 380 g/mol. The van der Waals surface area contributed by atoms with Crippen LogP contribution in [0.1, 0.15) is 25.0 Å². The molecule has 1 heterocycles. The molecule has 2 aromatic rings. The maximum Gasteiger partial charge on any atom is 0.266 e. The number of halogens is 1. The molecule has 1 aliphatic rings. The van der Waals surface area contributed by atoms with Gasteiger partial charge in [-0.25, -0.2) is 0 Å². The van der Waals surface area contributed by atoms with Gasteiger partial charge in [0.25, 0.3) is 5.91 Å². The molecule has 27 heavy (non-hydrogen) atoms. The van der Waals surface area contributed by atoms with Crippen LogP contribution in [0, 0.1) is 6.92 Å². The summed E-state index contributed by atoms with van der Waals surface area (Å²) in [6.45, 7) is 6.53. The molecule has 0 aromatic heterocycles. The largest absolute Gasteiger partial charge is 0.484 e. The van der Waals surface area contributed by atoms with E-state index in [1.54, 1.807) is 28.8 Å². The van der Waals surface area contributed by atoms with E-state index in [1.165, 1.54) is 0 Å². The van der Waals surface area contributed by atoms with Crippen molar-refractivity contribution >= 4 is 34.4 Å². The third-order valence-electron chi connectivity index (χ3n) is 4.33. The zero-order chi connectivity index (χ0) is 19.4. The van der Waals surface area contributed by atoms with Gasteiger partial charge in [-0.2, -0.15) is 0 Å². The Balaban J connectivity index is 1.70. The fourth-order valence-corrected chi connectivity index (χ4v) is 4.21. The van der Waals surface area contributed by atoms with Gasteiger partial charge in [0, 0.05) is 10.8 Å². The summed E-state index contributed by atoms with van der Waals surface area (Å²) in [5.74, 6) is 1.36. The number of nitrogens with zero attached hydrogens (tertiary/aromatic N) is 2. The Bertz CT molecular complexity index is 853. The highest BCUT2D eigenvalue weighted by Crippen LogP contribution is 2.33. The molecule has 0 radical (unpaired) electrons. The molecule has 0 N–H and O–H groups in total. The molecule has 0 saturated carbocycles. The van der Waals surface area contributed by atoms with Crippen molar-refractivity contribution in [2.75, 3.05) is 12.4 Å². The third kappa shape index (κ3) is 4.85. The Hall–Kier alpha value is -1.98. The molecule has 1 aliphatic heterocycles. The van der Waals surface area contributed by atoms with E-state index in [0.29, 0.717) is 17.3 Å². The molecular formula is C21H23ClN2O2S. The Morgan fingerprint density at radius 3 is 2.70 bits per heavy atom. The van der Waals surface area contributed by atoms with Crippen LogP contribution in [-0.2, 0) is 11.3 Å². The van der Waals surface area contributed by atoms with Crippen molar-refractivity contribution in [3.05, 3.63) is 64.7 Å². The Kier molecular flexibility index (Phi) is 6.12. The summed E-state index contributed by atoms with van der Waals surface area (Å²) in [5, 5.41) is 1.44. The molecule has 6 heteroatoms. The van der Waals surface area contributed by atoms with E-state index in [-0.39, 0.29) is 18.1 Å². The summed E-state index contributed by atoms with van der Waals surface area (Å²) >= 11 is 7.65. The molecule has 0 aliphatic carbocycles. The van der Waals surface area contributed by atoms with Gasteiger partial charge < -0.3 is 4.74 Å². The van der Waals surface area contributed by atoms with Gasteiger partial charge in [0.2, 0.25) is 0 Å². The van der Waals surface area contributed by atoms with Crippen LogP contribution < -0.4 is 4.74 Å². The highest BCUT2D eigenvalue weighted by atomic mass is 35.5. The lowest BCUT2D eigenvalue weighted by Gasteiger charge is -2.30. The normalized spacial score (nSPS) is 17.3. The lowest BCUT2D eigenvalue weighted by molar-refractivity contribution is -0.132. The highest BCUT2D eigenvalue weighted by molar-refractivity contribution is 8.14. The number of amidine groups is 1. The molecule has 0 atom stereocenters. The van der Waals surface area contributed by atoms with E-state index >= 15 is 0 Å². The molecule has 3 rings (SSSR count). The van der Waals surface area contributed by atoms with Crippen LogP contribution in [-0.4, -0.2) is 33.9 Å². The summed E-state index contributed by atoms with van der Waals surface area (Å²) in [5.41, 5.74) is 1.75. The van der Waals surface area contributed by atoms with E-state index < -0.39 is 0 Å². The zero-order valence-corrected chi connectivity index (χ0v) is 17.3. The first-order chi connectivity index (χ1) is 12.9. The van der Waals surface area contributed by atoms with Gasteiger partial charge in [0.1, 0.15) is 5.75 Å². The first-order valence-electron chi connectivity index (χ1n) is 8.80. The predicted molar refractivity (Wildman–Crippen MR) is 113 cm³/mol. The first-order valence-corrected chi connectivity index (χ1v) is 10.2. The van der Waals surface area contributed by atoms with Crippen molar-refractivity contribution in [1.82, 2.24) is 4.90 Å². The fraction of sp³-hybridized carbons (Fsp3) is 0.333. The molecule has 0 bridgehead atoms. The summed E-state index contributed by atoms with van der Waals surface area (Å²) in [7, 11) is 0. The van der Waals surface area contributed by atoms with Crippen LogP contribution in [0.3, 0.4) is 0 Å². The third-order valence-corrected chi connectivity index (χ3v) is 6.18. The first kappa shape index (κ1) is 19.8. The number of hydrogen-bond acceptors (Lipinski definition) is 4. The molecule has 1 saturated heterocycles. The standard InChI is InChI=1S/C21H23ClN2O2S/c1-15-11-17(9-10-18(15)22)26-13-19(25)24-20(27-14-21(24,2)3)23-12-16-7-5-4-6-8-16/h4-11H,12-14H2,1-3H3. The SMILES string of the molecule is Cc1cc(OCC(=O)N2C(=NCc3ccccc3)SCC2(C)C)ccc1Cl. The molecule has 4 nitrogen and oxygen atoms in total. The summed E-state index contributed by atoms with van der Waals surface area (Å²) < 4.78 is 5.71. The van der Waals surface area contributed by atoms with Crippen molar-refractivity contribution in [2.24, 2.45) is 4.99 Å². The van der Waals surface area contributed by atoms with Crippen molar-refractivity contribution in [1.29, 1.82) is 0 Å². The number of amides is 1. The smallest absolute Gasteiger partial charge is 0.266 e. The maximum absolute atomic E-state index is 12.9. The van der Waals surface area contributed by atoms with E-state index in [9.17, 15) is 4.79 Å². The fourth-order valence-electron chi connectivity index (χ4n) is 2.85. The number of rotatable bonds is 5. The number of hydrogen-bond donors (Lipinski definition) is 0. The lowest BCUT2D eigenvalue weighted by atomic mass is 10.1. The number of ether oxygens (including phenoxy) is 1. The van der Waals surface area contributed by atoms with Gasteiger partial charge >= 0.3 is 0 Å². The number of aliphatic imine (C=N–C) groups is 1. The molecule has 2 aromatic carbocycles. The van der Waals surface area contributed by atoms with Crippen molar-refractivity contribution in [2.45, 2.75) is 32.9 Å². The average molecular weight is 403 g/mol. The molecule has 1 amide bonds. The minimum Gasteiger partial charge on any atom is -0.484 e. The predicted octanol–water partition coefficient (Wildman–Crippen LogP) is 4.94. The number of benzene rings is 2. The van der Waals surface area contributed by atoms with Crippen LogP contribution in [0.2, 0.25) is 5.02 Å². The average Bonchev–Trinajstić information content (AvgIpc) is 2.96. The van der Waals surface area contributed by atoms with Crippen LogP contribution in [0.4, 0.5) is 0 Å². The lowest BCUT2D eigenvalue weighted by Crippen LogP contribution is -2.48. The Morgan fingerprint density at radius 1 is 1.26 bits per heavy atom. The minimum atomic E-state index is -0.295. The quantitative estimate of drug-likeness (QED) is 0.711. The van der Waals surface area contributed by atoms with E-state index in [1.807, 2.05) is 43.3 Å². The van der Waals surface area contributed by atoms with Crippen molar-refractivity contribution in [3.63, 3.8) is 0 Å². The maximum atomic E-state index is 12.9. The Morgan fingerprint density at radius 2 is 2.00 bits per heavy atom. The number of carbonyl (C=O) groups excluding carboxylic acids is 1. The highest BCUT2D eigenvalue weighted by Gasteiger charge is 2.41. The topological polar surface area (TPSA) is 41.9 Å². The second-order valence-corrected chi connectivity index (χ2v) is 8.46. The monoisotopic (exact) mass is 402 g/mol. The van der Waals surface area contributed by atoms with Crippen molar-refractivity contribution in [3.8, 4) is 5.75 Å². The summed E-state index contributed by atoms with van der Waals surface area (Å²) in [6, 6.07) is 15.4. The second-order valence-electron chi connectivity index (χ2n) is 7.11. The molecule has 0 unspecified atom stereocenters. The van der Waals surface area contributed by atoms with Crippen LogP contribution in [0.5, 0.6) is 5.75 Å². The van der Waals surface area contributed by atoms with Gasteiger partial charge in [-0.15, -0.1) is 0 Å². The van der Waals surface area contributed by atoms with Gasteiger partial charge in [0.05, 0.1) is 12.1 Å². The summed E-state index contributed by atoms with van der Waals surface area (Å²) in [6.07, 6.45) is 0. The van der Waals surface area contributed by atoms with Crippen LogP contribution in [0.15, 0.2) is 53.5 Å². The zero-order valence-electron chi connectivity index (χ0n) is 15.7. The number of carbonyl (C=O) groups is 1.